The number of hydrogen-bond acceptors (Lipinski definition) is 4. The highest BCUT2D eigenvalue weighted by Gasteiger charge is 2.15. The van der Waals surface area contributed by atoms with Crippen LogP contribution in [0.15, 0.2) is 48.5 Å². The number of anilines is 1. The number of para-hydroxylation sites is 1. The fraction of sp³-hybridized carbons (Fsp3) is 0.222. The molecule has 0 fully saturated rings. The first-order valence-electron chi connectivity index (χ1n) is 7.69. The predicted octanol–water partition coefficient (Wildman–Crippen LogP) is 3.81. The molecule has 6 heteroatoms. The number of hydrogen-bond donors (Lipinski definition) is 2. The van der Waals surface area contributed by atoms with Gasteiger partial charge in [0.15, 0.2) is 0 Å². The van der Waals surface area contributed by atoms with Gasteiger partial charge in [-0.15, -0.1) is 11.3 Å². The summed E-state index contributed by atoms with van der Waals surface area (Å²) in [7, 11) is 1.66. The number of aliphatic hydroxyl groups excluding tert-OH is 1. The summed E-state index contributed by atoms with van der Waals surface area (Å²) in [6, 6.07) is 15.1. The molecule has 0 bridgehead atoms. The molecule has 124 valence electrons. The van der Waals surface area contributed by atoms with Crippen LogP contribution < -0.4 is 5.32 Å². The molecule has 0 spiro atoms. The van der Waals surface area contributed by atoms with Crippen molar-refractivity contribution in [2.45, 2.75) is 13.0 Å². The van der Waals surface area contributed by atoms with Crippen LogP contribution in [0.4, 0.5) is 10.5 Å². The van der Waals surface area contributed by atoms with E-state index in [-0.39, 0.29) is 18.7 Å². The number of carbonyl (C=O) groups excluding carboxylic acids is 1. The Bertz CT molecular complexity index is 829. The predicted molar refractivity (Wildman–Crippen MR) is 98.4 cm³/mol. The molecule has 0 aliphatic carbocycles. The van der Waals surface area contributed by atoms with Crippen LogP contribution in [0.1, 0.15) is 6.92 Å². The second kappa shape index (κ2) is 6.98. The molecule has 0 saturated carbocycles. The van der Waals surface area contributed by atoms with Gasteiger partial charge >= 0.3 is 6.03 Å². The lowest BCUT2D eigenvalue weighted by molar-refractivity contribution is 0.166. The second-order valence-corrected chi connectivity index (χ2v) is 6.67. The Labute approximate surface area is 144 Å². The number of likely N-dealkylation sites (N-methyl/N-ethyl adjacent to an activating group) is 1. The van der Waals surface area contributed by atoms with Gasteiger partial charge in [0.05, 0.1) is 22.9 Å². The summed E-state index contributed by atoms with van der Waals surface area (Å²) in [5, 5.41) is 12.9. The summed E-state index contributed by atoms with van der Waals surface area (Å²) in [6.07, 6.45) is 0. The highest BCUT2D eigenvalue weighted by molar-refractivity contribution is 7.21. The fourth-order valence-corrected chi connectivity index (χ4v) is 3.22. The monoisotopic (exact) mass is 341 g/mol. The Morgan fingerprint density at radius 3 is 2.83 bits per heavy atom. The number of carbonyl (C=O) groups is 1. The minimum Gasteiger partial charge on any atom is -0.394 e. The largest absolute Gasteiger partial charge is 0.394 e. The van der Waals surface area contributed by atoms with E-state index in [2.05, 4.69) is 10.3 Å². The van der Waals surface area contributed by atoms with Gasteiger partial charge in [-0.1, -0.05) is 24.3 Å². The van der Waals surface area contributed by atoms with Crippen LogP contribution in [0.2, 0.25) is 0 Å². The molecule has 2 aromatic carbocycles. The van der Waals surface area contributed by atoms with E-state index in [1.165, 1.54) is 4.90 Å². The lowest BCUT2D eigenvalue weighted by Crippen LogP contribution is -2.40. The number of nitrogens with zero attached hydrogens (tertiary/aromatic N) is 2. The molecule has 0 saturated heterocycles. The zero-order valence-corrected chi connectivity index (χ0v) is 14.4. The molecule has 1 atom stereocenters. The van der Waals surface area contributed by atoms with Crippen LogP contribution in [0.3, 0.4) is 0 Å². The van der Waals surface area contributed by atoms with Crippen molar-refractivity contribution in [3.63, 3.8) is 0 Å². The number of nitrogens with one attached hydrogen (secondary N) is 1. The van der Waals surface area contributed by atoms with Gasteiger partial charge in [-0.05, 0) is 31.2 Å². The summed E-state index contributed by atoms with van der Waals surface area (Å²) in [4.78, 5) is 18.3. The first-order chi connectivity index (χ1) is 11.6. The third kappa shape index (κ3) is 3.39. The second-order valence-electron chi connectivity index (χ2n) is 5.64. The van der Waals surface area contributed by atoms with Crippen LogP contribution >= 0.6 is 11.3 Å². The van der Waals surface area contributed by atoms with Gasteiger partial charge in [-0.25, -0.2) is 9.78 Å². The zero-order valence-electron chi connectivity index (χ0n) is 13.6. The number of thiazole rings is 1. The Hall–Kier alpha value is -2.44. The fourth-order valence-electron chi connectivity index (χ4n) is 2.26. The average molecular weight is 341 g/mol. The number of fused-ring (bicyclic) bond motifs is 1. The number of aromatic nitrogens is 1. The van der Waals surface area contributed by atoms with E-state index < -0.39 is 0 Å². The molecule has 0 aliphatic rings. The maximum absolute atomic E-state index is 12.2. The van der Waals surface area contributed by atoms with Crippen LogP contribution in [-0.4, -0.2) is 40.7 Å². The van der Waals surface area contributed by atoms with Gasteiger partial charge in [0.25, 0.3) is 0 Å². The van der Waals surface area contributed by atoms with Crippen molar-refractivity contribution in [1.29, 1.82) is 0 Å². The van der Waals surface area contributed by atoms with Gasteiger partial charge in [-0.2, -0.15) is 0 Å². The van der Waals surface area contributed by atoms with Gasteiger partial charge in [0.1, 0.15) is 5.01 Å². The molecule has 0 radical (unpaired) electrons. The molecule has 2 amide bonds. The van der Waals surface area contributed by atoms with Crippen LogP contribution in [0, 0.1) is 0 Å². The Balaban J connectivity index is 1.82. The van der Waals surface area contributed by atoms with E-state index in [4.69, 9.17) is 5.11 Å². The summed E-state index contributed by atoms with van der Waals surface area (Å²) >= 11 is 1.63. The highest BCUT2D eigenvalue weighted by Crippen LogP contribution is 2.31. The topological polar surface area (TPSA) is 65.5 Å². The van der Waals surface area contributed by atoms with Gasteiger partial charge in [0, 0.05) is 18.3 Å². The number of aliphatic hydroxyl groups is 1. The van der Waals surface area contributed by atoms with Gasteiger partial charge < -0.3 is 15.3 Å². The van der Waals surface area contributed by atoms with E-state index >= 15 is 0 Å². The van der Waals surface area contributed by atoms with Gasteiger partial charge in [-0.3, -0.25) is 0 Å². The molecule has 1 unspecified atom stereocenters. The van der Waals surface area contributed by atoms with Gasteiger partial charge in [0.2, 0.25) is 0 Å². The number of rotatable bonds is 4. The van der Waals surface area contributed by atoms with E-state index in [9.17, 15) is 4.79 Å². The summed E-state index contributed by atoms with van der Waals surface area (Å²) in [5.41, 5.74) is 2.64. The Morgan fingerprint density at radius 2 is 2.08 bits per heavy atom. The van der Waals surface area contributed by atoms with Crippen LogP contribution in [0.25, 0.3) is 20.8 Å². The summed E-state index contributed by atoms with van der Waals surface area (Å²) in [5.74, 6) is 0. The molecule has 24 heavy (non-hydrogen) atoms. The Kier molecular flexibility index (Phi) is 4.78. The molecular formula is C18H19N3O2S. The zero-order chi connectivity index (χ0) is 17.1. The molecular weight excluding hydrogens is 322 g/mol. The van der Waals surface area contributed by atoms with E-state index in [0.29, 0.717) is 5.69 Å². The minimum atomic E-state index is -0.252. The highest BCUT2D eigenvalue weighted by atomic mass is 32.1. The first-order valence-corrected chi connectivity index (χ1v) is 8.51. The molecule has 0 aliphatic heterocycles. The van der Waals surface area contributed by atoms with E-state index in [1.807, 2.05) is 48.5 Å². The average Bonchev–Trinajstić information content (AvgIpc) is 3.04. The standard InChI is InChI=1S/C18H19N3O2S/c1-12(11-22)21(2)18(23)19-14-7-5-6-13(10-14)17-20-15-8-3-4-9-16(15)24-17/h3-10,12,22H,11H2,1-2H3,(H,19,23). The summed E-state index contributed by atoms with van der Waals surface area (Å²) in [6.45, 7) is 1.72. The quantitative estimate of drug-likeness (QED) is 0.758. The van der Waals surface area contributed by atoms with Crippen molar-refractivity contribution in [1.82, 2.24) is 9.88 Å². The molecule has 3 rings (SSSR count). The lowest BCUT2D eigenvalue weighted by atomic mass is 10.2. The van der Waals surface area contributed by atoms with Crippen molar-refractivity contribution in [2.75, 3.05) is 19.0 Å². The molecule has 5 nitrogen and oxygen atoms in total. The summed E-state index contributed by atoms with van der Waals surface area (Å²) < 4.78 is 1.14. The molecule has 3 aromatic rings. The number of urea groups is 1. The SMILES string of the molecule is CC(CO)N(C)C(=O)Nc1cccc(-c2nc3ccccc3s2)c1. The van der Waals surface area contributed by atoms with E-state index in [1.54, 1.807) is 25.3 Å². The molecule has 1 aromatic heterocycles. The lowest BCUT2D eigenvalue weighted by Gasteiger charge is -2.23. The van der Waals surface area contributed by atoms with Crippen molar-refractivity contribution >= 4 is 33.3 Å². The minimum absolute atomic E-state index is 0.0737. The molecule has 2 N–H and O–H groups in total. The maximum atomic E-state index is 12.2. The number of benzene rings is 2. The molecule has 1 heterocycles. The van der Waals surface area contributed by atoms with Crippen molar-refractivity contribution in [2.24, 2.45) is 0 Å². The van der Waals surface area contributed by atoms with Crippen LogP contribution in [-0.2, 0) is 0 Å². The smallest absolute Gasteiger partial charge is 0.321 e. The Morgan fingerprint density at radius 1 is 1.29 bits per heavy atom. The normalized spacial score (nSPS) is 12.1. The maximum Gasteiger partial charge on any atom is 0.321 e. The number of amides is 2. The van der Waals surface area contributed by atoms with Crippen LogP contribution in [0.5, 0.6) is 0 Å². The van der Waals surface area contributed by atoms with Crippen molar-refractivity contribution in [3.05, 3.63) is 48.5 Å². The third-order valence-corrected chi connectivity index (χ3v) is 4.99. The van der Waals surface area contributed by atoms with Crippen molar-refractivity contribution in [3.8, 4) is 10.6 Å². The van der Waals surface area contributed by atoms with Crippen molar-refractivity contribution < 1.29 is 9.90 Å². The third-order valence-electron chi connectivity index (χ3n) is 3.90. The van der Waals surface area contributed by atoms with E-state index in [0.717, 1.165) is 20.8 Å². The first kappa shape index (κ1) is 16.4.